The lowest BCUT2D eigenvalue weighted by atomic mass is 10.1. The van der Waals surface area contributed by atoms with Crippen LogP contribution in [0.3, 0.4) is 0 Å². The highest BCUT2D eigenvalue weighted by Gasteiger charge is 2.34. The number of halogens is 2. The molecule has 6 heteroatoms. The van der Waals surface area contributed by atoms with Crippen molar-refractivity contribution in [3.8, 4) is 0 Å². The summed E-state index contributed by atoms with van der Waals surface area (Å²) in [6.07, 6.45) is 0.303. The Balaban J connectivity index is 0.00000128. The molecule has 94 valence electrons. The number of hydrogen-bond acceptors (Lipinski definition) is 3. The fourth-order valence-electron chi connectivity index (χ4n) is 2.13. The molecule has 0 aromatic carbocycles. The van der Waals surface area contributed by atoms with Gasteiger partial charge in [0.1, 0.15) is 6.17 Å². The number of alkyl halides is 1. The summed E-state index contributed by atoms with van der Waals surface area (Å²) in [6, 6.07) is -0.177. The van der Waals surface area contributed by atoms with Crippen LogP contribution in [0.2, 0.25) is 0 Å². The summed E-state index contributed by atoms with van der Waals surface area (Å²) >= 11 is 0. The van der Waals surface area contributed by atoms with E-state index in [4.69, 9.17) is 4.74 Å². The van der Waals surface area contributed by atoms with Gasteiger partial charge in [0, 0.05) is 26.6 Å². The van der Waals surface area contributed by atoms with Crippen LogP contribution in [-0.4, -0.2) is 55.9 Å². The van der Waals surface area contributed by atoms with Crippen LogP contribution in [0.15, 0.2) is 0 Å². The average molecular weight is 253 g/mol. The van der Waals surface area contributed by atoms with Crippen LogP contribution in [0.4, 0.5) is 4.39 Å². The highest BCUT2D eigenvalue weighted by atomic mass is 35.5. The van der Waals surface area contributed by atoms with E-state index in [9.17, 15) is 9.18 Å². The van der Waals surface area contributed by atoms with Gasteiger partial charge in [-0.05, 0) is 6.42 Å². The van der Waals surface area contributed by atoms with Crippen molar-refractivity contribution >= 4 is 18.3 Å². The van der Waals surface area contributed by atoms with Crippen molar-refractivity contribution in [1.82, 2.24) is 10.2 Å². The van der Waals surface area contributed by atoms with Crippen molar-refractivity contribution in [3.05, 3.63) is 0 Å². The molecule has 0 spiro atoms. The first-order valence-electron chi connectivity index (χ1n) is 5.40. The molecule has 1 unspecified atom stereocenters. The van der Waals surface area contributed by atoms with E-state index in [-0.39, 0.29) is 30.4 Å². The van der Waals surface area contributed by atoms with Crippen molar-refractivity contribution in [3.63, 3.8) is 0 Å². The summed E-state index contributed by atoms with van der Waals surface area (Å²) in [5.41, 5.74) is 0. The van der Waals surface area contributed by atoms with Gasteiger partial charge in [-0.15, -0.1) is 12.4 Å². The number of hydrogen-bond donors (Lipinski definition) is 1. The average Bonchev–Trinajstić information content (AvgIpc) is 2.85. The summed E-state index contributed by atoms with van der Waals surface area (Å²) < 4.78 is 18.1. The molecule has 4 nitrogen and oxygen atoms in total. The third kappa shape index (κ3) is 2.84. The number of likely N-dealkylation sites (N-methyl/N-ethyl adjacent to an activating group) is 1. The Bertz CT molecular complexity index is 249. The molecule has 0 saturated carbocycles. The van der Waals surface area contributed by atoms with E-state index in [2.05, 4.69) is 5.32 Å². The first-order chi connectivity index (χ1) is 7.18. The molecule has 0 aliphatic carbocycles. The topological polar surface area (TPSA) is 41.6 Å². The van der Waals surface area contributed by atoms with Gasteiger partial charge in [-0.2, -0.15) is 0 Å². The Hall–Kier alpha value is -0.390. The lowest BCUT2D eigenvalue weighted by molar-refractivity contribution is -0.133. The highest BCUT2D eigenvalue weighted by Crippen LogP contribution is 2.16. The Morgan fingerprint density at radius 3 is 2.81 bits per heavy atom. The maximum Gasteiger partial charge on any atom is 0.239 e. The number of nitrogens with one attached hydrogen (secondary N) is 1. The Morgan fingerprint density at radius 2 is 2.31 bits per heavy atom. The zero-order valence-electron chi connectivity index (χ0n) is 9.32. The van der Waals surface area contributed by atoms with Gasteiger partial charge in [0.2, 0.25) is 5.91 Å². The number of carbonyl (C=O) groups excluding carboxylic acids is 1. The van der Waals surface area contributed by atoms with Crippen molar-refractivity contribution in [2.24, 2.45) is 0 Å². The maximum atomic E-state index is 12.9. The summed E-state index contributed by atoms with van der Waals surface area (Å²) in [7, 11) is 1.77. The van der Waals surface area contributed by atoms with Crippen LogP contribution in [0.5, 0.6) is 0 Å². The fraction of sp³-hybridized carbons (Fsp3) is 0.900. The molecule has 2 rings (SSSR count). The van der Waals surface area contributed by atoms with Crippen LogP contribution in [0.25, 0.3) is 0 Å². The molecule has 2 fully saturated rings. The second kappa shape index (κ2) is 5.80. The number of rotatable bonds is 2. The van der Waals surface area contributed by atoms with Crippen molar-refractivity contribution < 1.29 is 13.9 Å². The van der Waals surface area contributed by atoms with Crippen molar-refractivity contribution in [2.75, 3.05) is 26.8 Å². The second-order valence-corrected chi connectivity index (χ2v) is 4.26. The van der Waals surface area contributed by atoms with Crippen LogP contribution >= 0.6 is 12.4 Å². The van der Waals surface area contributed by atoms with Crippen molar-refractivity contribution in [1.29, 1.82) is 0 Å². The lowest BCUT2D eigenvalue weighted by Gasteiger charge is -2.26. The minimum atomic E-state index is -0.882. The van der Waals surface area contributed by atoms with Crippen LogP contribution in [0, 0.1) is 0 Å². The standard InChI is InChI=1S/C10H17FN2O2.ClH/c1-13(8-2-3-15-6-8)10(14)9-4-7(11)5-12-9;/h7-9,12H,2-6H2,1H3;1H/t7-,8?,9+;/m0./s1. The zero-order valence-corrected chi connectivity index (χ0v) is 10.1. The molecule has 3 atom stereocenters. The van der Waals surface area contributed by atoms with Gasteiger partial charge in [0.25, 0.3) is 0 Å². The molecule has 2 aliphatic heterocycles. The van der Waals surface area contributed by atoms with Gasteiger partial charge in [0.15, 0.2) is 0 Å². The first kappa shape index (κ1) is 13.7. The Morgan fingerprint density at radius 1 is 1.56 bits per heavy atom. The summed E-state index contributed by atoms with van der Waals surface area (Å²) in [5.74, 6) is -0.00866. The number of carbonyl (C=O) groups is 1. The van der Waals surface area contributed by atoms with Crippen LogP contribution in [0.1, 0.15) is 12.8 Å². The molecule has 2 heterocycles. The lowest BCUT2D eigenvalue weighted by Crippen LogP contribution is -2.46. The fourth-order valence-corrected chi connectivity index (χ4v) is 2.13. The predicted octanol–water partition coefficient (Wildman–Crippen LogP) is 0.355. The third-order valence-electron chi connectivity index (χ3n) is 3.18. The summed E-state index contributed by atoms with van der Waals surface area (Å²) in [6.45, 7) is 1.62. The van der Waals surface area contributed by atoms with Gasteiger partial charge >= 0.3 is 0 Å². The minimum absolute atomic E-state index is 0. The summed E-state index contributed by atoms with van der Waals surface area (Å²) in [5, 5.41) is 2.90. The van der Waals surface area contributed by atoms with Gasteiger partial charge < -0.3 is 15.0 Å². The smallest absolute Gasteiger partial charge is 0.239 e. The molecule has 2 aliphatic rings. The third-order valence-corrected chi connectivity index (χ3v) is 3.18. The molecule has 1 amide bonds. The summed E-state index contributed by atoms with van der Waals surface area (Å²) in [4.78, 5) is 13.6. The van der Waals surface area contributed by atoms with E-state index >= 15 is 0 Å². The van der Waals surface area contributed by atoms with Crippen LogP contribution < -0.4 is 5.32 Å². The van der Waals surface area contributed by atoms with Crippen LogP contribution in [-0.2, 0) is 9.53 Å². The van der Waals surface area contributed by atoms with Crippen molar-refractivity contribution in [2.45, 2.75) is 31.1 Å². The van der Waals surface area contributed by atoms with E-state index in [1.165, 1.54) is 0 Å². The van der Waals surface area contributed by atoms with Gasteiger partial charge in [-0.25, -0.2) is 4.39 Å². The molecule has 0 bridgehead atoms. The highest BCUT2D eigenvalue weighted by molar-refractivity contribution is 5.85. The number of amides is 1. The Labute approximate surface area is 101 Å². The van der Waals surface area contributed by atoms with Gasteiger partial charge in [0.05, 0.1) is 18.7 Å². The molecule has 0 radical (unpaired) electrons. The SMILES string of the molecule is CN(C(=O)[C@H]1C[C@H](F)CN1)C1CCOC1.Cl. The monoisotopic (exact) mass is 252 g/mol. The first-order valence-corrected chi connectivity index (χ1v) is 5.40. The van der Waals surface area contributed by atoms with E-state index in [0.717, 1.165) is 6.42 Å². The van der Waals surface area contributed by atoms with E-state index in [1.807, 2.05) is 0 Å². The second-order valence-electron chi connectivity index (χ2n) is 4.26. The molecule has 0 aromatic heterocycles. The van der Waals surface area contributed by atoms with E-state index in [1.54, 1.807) is 11.9 Å². The van der Waals surface area contributed by atoms with Gasteiger partial charge in [-0.3, -0.25) is 4.79 Å². The molecule has 1 N–H and O–H groups in total. The van der Waals surface area contributed by atoms with Gasteiger partial charge in [-0.1, -0.05) is 0 Å². The normalized spacial score (nSPS) is 33.5. The predicted molar refractivity (Wildman–Crippen MR) is 60.5 cm³/mol. The minimum Gasteiger partial charge on any atom is -0.379 e. The molecule has 2 saturated heterocycles. The molecular formula is C10H18ClFN2O2. The largest absolute Gasteiger partial charge is 0.379 e. The quantitative estimate of drug-likeness (QED) is 0.772. The van der Waals surface area contributed by atoms with E-state index < -0.39 is 6.17 Å². The Kier molecular flexibility index (Phi) is 4.95. The maximum absolute atomic E-state index is 12.9. The zero-order chi connectivity index (χ0) is 10.8. The molecule has 16 heavy (non-hydrogen) atoms. The number of nitrogens with zero attached hydrogens (tertiary/aromatic N) is 1. The van der Waals surface area contributed by atoms with E-state index in [0.29, 0.717) is 26.2 Å². The number of ether oxygens (including phenoxy) is 1. The molecule has 0 aromatic rings. The molecular weight excluding hydrogens is 235 g/mol.